The fourth-order valence-electron chi connectivity index (χ4n) is 1.88. The zero-order chi connectivity index (χ0) is 11.7. The van der Waals surface area contributed by atoms with Crippen molar-refractivity contribution in [2.24, 2.45) is 5.73 Å². The summed E-state index contributed by atoms with van der Waals surface area (Å²) in [5.41, 5.74) is 8.19. The Kier molecular flexibility index (Phi) is 2.52. The summed E-state index contributed by atoms with van der Waals surface area (Å²) in [5, 5.41) is 4.82. The van der Waals surface area contributed by atoms with E-state index in [1.807, 2.05) is 38.1 Å². The highest BCUT2D eigenvalue weighted by molar-refractivity contribution is 6.03. The van der Waals surface area contributed by atoms with E-state index in [1.165, 1.54) is 0 Å². The van der Waals surface area contributed by atoms with E-state index in [0.29, 0.717) is 0 Å². The van der Waals surface area contributed by atoms with Crippen LogP contribution in [-0.2, 0) is 0 Å². The summed E-state index contributed by atoms with van der Waals surface area (Å²) in [6.07, 6.45) is 0. The van der Waals surface area contributed by atoms with Gasteiger partial charge in [-0.3, -0.25) is 0 Å². The Bertz CT molecular complexity index is 561. The Morgan fingerprint density at radius 1 is 1.25 bits per heavy atom. The smallest absolute Gasteiger partial charge is 0.316 e. The highest BCUT2D eigenvalue weighted by Gasteiger charge is 2.08. The van der Waals surface area contributed by atoms with Crippen LogP contribution in [-0.4, -0.2) is 6.03 Å². The van der Waals surface area contributed by atoms with Crippen molar-refractivity contribution < 1.29 is 4.79 Å². The van der Waals surface area contributed by atoms with Crippen molar-refractivity contribution in [3.8, 4) is 0 Å². The largest absolute Gasteiger partial charge is 0.351 e. The second-order valence-electron chi connectivity index (χ2n) is 3.90. The van der Waals surface area contributed by atoms with E-state index in [-0.39, 0.29) is 0 Å². The monoisotopic (exact) mass is 214 g/mol. The number of hydrogen-bond donors (Lipinski definition) is 2. The topological polar surface area (TPSA) is 55.1 Å². The minimum Gasteiger partial charge on any atom is -0.351 e. The lowest BCUT2D eigenvalue weighted by molar-refractivity contribution is 0.259. The van der Waals surface area contributed by atoms with Crippen molar-refractivity contribution in [2.75, 3.05) is 5.32 Å². The van der Waals surface area contributed by atoms with Crippen molar-refractivity contribution >= 4 is 22.5 Å². The van der Waals surface area contributed by atoms with Gasteiger partial charge in [-0.25, -0.2) is 4.79 Å². The molecule has 0 aliphatic carbocycles. The van der Waals surface area contributed by atoms with E-state index in [1.54, 1.807) is 0 Å². The van der Waals surface area contributed by atoms with Crippen molar-refractivity contribution in [3.05, 3.63) is 41.5 Å². The van der Waals surface area contributed by atoms with Crippen molar-refractivity contribution in [2.45, 2.75) is 13.8 Å². The van der Waals surface area contributed by atoms with Crippen LogP contribution >= 0.6 is 0 Å². The predicted molar refractivity (Wildman–Crippen MR) is 66.6 cm³/mol. The lowest BCUT2D eigenvalue weighted by atomic mass is 10.00. The van der Waals surface area contributed by atoms with E-state index in [2.05, 4.69) is 11.4 Å². The van der Waals surface area contributed by atoms with Crippen molar-refractivity contribution in [1.29, 1.82) is 0 Å². The maximum absolute atomic E-state index is 11.0. The molecule has 0 radical (unpaired) electrons. The van der Waals surface area contributed by atoms with Crippen LogP contribution in [0.15, 0.2) is 30.3 Å². The molecule has 0 spiro atoms. The molecule has 3 heteroatoms. The fraction of sp³-hybridized carbons (Fsp3) is 0.154. The molecule has 0 fully saturated rings. The average Bonchev–Trinajstić information content (AvgIpc) is 2.24. The molecule has 3 nitrogen and oxygen atoms in total. The molecule has 0 aromatic heterocycles. The minimum atomic E-state index is -0.529. The Labute approximate surface area is 94.3 Å². The van der Waals surface area contributed by atoms with Crippen LogP contribution < -0.4 is 11.1 Å². The molecule has 0 saturated heterocycles. The van der Waals surface area contributed by atoms with Crippen LogP contribution in [0.3, 0.4) is 0 Å². The first-order valence-corrected chi connectivity index (χ1v) is 5.15. The first kappa shape index (κ1) is 10.5. The lowest BCUT2D eigenvalue weighted by Gasteiger charge is -2.13. The molecule has 0 saturated carbocycles. The number of benzene rings is 2. The normalized spacial score (nSPS) is 10.4. The Balaban J connectivity index is 2.76. The van der Waals surface area contributed by atoms with Gasteiger partial charge in [0.15, 0.2) is 0 Å². The zero-order valence-corrected chi connectivity index (χ0v) is 9.37. The molecule has 0 unspecified atom stereocenters. The maximum Gasteiger partial charge on any atom is 0.316 e. The standard InChI is InChI=1S/C13H14N2O/c1-8-7-10-5-3-4-6-11(10)12(9(8)2)15-13(14)16/h3-7H,1-2H3,(H3,14,15,16). The van der Waals surface area contributed by atoms with Gasteiger partial charge in [0.1, 0.15) is 0 Å². The molecule has 0 atom stereocenters. The number of carbonyl (C=O) groups is 1. The Morgan fingerprint density at radius 3 is 2.62 bits per heavy atom. The lowest BCUT2D eigenvalue weighted by Crippen LogP contribution is -2.20. The summed E-state index contributed by atoms with van der Waals surface area (Å²) in [7, 11) is 0. The van der Waals surface area contributed by atoms with E-state index in [4.69, 9.17) is 5.73 Å². The summed E-state index contributed by atoms with van der Waals surface area (Å²) >= 11 is 0. The van der Waals surface area contributed by atoms with Gasteiger partial charge in [0.05, 0.1) is 5.69 Å². The SMILES string of the molecule is Cc1cc2ccccc2c(NC(N)=O)c1C. The Hall–Kier alpha value is -2.03. The third-order valence-electron chi connectivity index (χ3n) is 2.82. The fourth-order valence-corrected chi connectivity index (χ4v) is 1.88. The zero-order valence-electron chi connectivity index (χ0n) is 9.37. The second-order valence-corrected chi connectivity index (χ2v) is 3.90. The third kappa shape index (κ3) is 1.72. The average molecular weight is 214 g/mol. The van der Waals surface area contributed by atoms with E-state index < -0.39 is 6.03 Å². The molecule has 2 amide bonds. The number of fused-ring (bicyclic) bond motifs is 1. The van der Waals surface area contributed by atoms with Gasteiger partial charge in [-0.1, -0.05) is 30.3 Å². The number of nitrogens with one attached hydrogen (secondary N) is 1. The van der Waals surface area contributed by atoms with Crippen molar-refractivity contribution in [3.63, 3.8) is 0 Å². The van der Waals surface area contributed by atoms with Gasteiger partial charge in [0, 0.05) is 5.39 Å². The van der Waals surface area contributed by atoms with Gasteiger partial charge in [-0.2, -0.15) is 0 Å². The van der Waals surface area contributed by atoms with Gasteiger partial charge in [0.2, 0.25) is 0 Å². The molecular weight excluding hydrogens is 200 g/mol. The van der Waals surface area contributed by atoms with Crippen LogP contribution in [0, 0.1) is 13.8 Å². The summed E-state index contributed by atoms with van der Waals surface area (Å²) in [6, 6.07) is 9.51. The van der Waals surface area contributed by atoms with Crippen molar-refractivity contribution in [1.82, 2.24) is 0 Å². The number of amides is 2. The number of aryl methyl sites for hydroxylation is 1. The number of primary amides is 1. The molecule has 16 heavy (non-hydrogen) atoms. The van der Waals surface area contributed by atoms with Crippen LogP contribution in [0.5, 0.6) is 0 Å². The number of nitrogens with two attached hydrogens (primary N) is 1. The van der Waals surface area contributed by atoms with Crippen LogP contribution in [0.2, 0.25) is 0 Å². The minimum absolute atomic E-state index is 0.529. The molecular formula is C13H14N2O. The number of rotatable bonds is 1. The molecule has 2 aromatic carbocycles. The quantitative estimate of drug-likeness (QED) is 0.753. The maximum atomic E-state index is 11.0. The van der Waals surface area contributed by atoms with Crippen LogP contribution in [0.25, 0.3) is 10.8 Å². The summed E-state index contributed by atoms with van der Waals surface area (Å²) in [5.74, 6) is 0. The van der Waals surface area contributed by atoms with E-state index in [9.17, 15) is 4.79 Å². The van der Waals surface area contributed by atoms with E-state index in [0.717, 1.165) is 27.6 Å². The highest BCUT2D eigenvalue weighted by Crippen LogP contribution is 2.29. The van der Waals surface area contributed by atoms with Gasteiger partial charge in [-0.05, 0) is 30.4 Å². The Morgan fingerprint density at radius 2 is 1.94 bits per heavy atom. The molecule has 0 heterocycles. The van der Waals surface area contributed by atoms with E-state index >= 15 is 0 Å². The molecule has 3 N–H and O–H groups in total. The molecule has 2 rings (SSSR count). The molecule has 0 aliphatic heterocycles. The van der Waals surface area contributed by atoms with Crippen LogP contribution in [0.1, 0.15) is 11.1 Å². The van der Waals surface area contributed by atoms with Gasteiger partial charge < -0.3 is 11.1 Å². The number of hydrogen-bond acceptors (Lipinski definition) is 1. The molecule has 0 bridgehead atoms. The van der Waals surface area contributed by atoms with Gasteiger partial charge in [-0.15, -0.1) is 0 Å². The van der Waals surface area contributed by atoms with Crippen LogP contribution in [0.4, 0.5) is 10.5 Å². The third-order valence-corrected chi connectivity index (χ3v) is 2.82. The molecule has 82 valence electrons. The number of carbonyl (C=O) groups excluding carboxylic acids is 1. The number of anilines is 1. The summed E-state index contributed by atoms with van der Waals surface area (Å²) < 4.78 is 0. The second kappa shape index (κ2) is 3.85. The molecule has 2 aromatic rings. The summed E-state index contributed by atoms with van der Waals surface area (Å²) in [4.78, 5) is 11.0. The number of urea groups is 1. The first-order chi connectivity index (χ1) is 7.59. The summed E-state index contributed by atoms with van der Waals surface area (Å²) in [6.45, 7) is 4.00. The van der Waals surface area contributed by atoms with Gasteiger partial charge >= 0.3 is 6.03 Å². The highest BCUT2D eigenvalue weighted by atomic mass is 16.2. The van der Waals surface area contributed by atoms with Gasteiger partial charge in [0.25, 0.3) is 0 Å². The predicted octanol–water partition coefficient (Wildman–Crippen LogP) is 2.95. The molecule has 0 aliphatic rings. The first-order valence-electron chi connectivity index (χ1n) is 5.15.